The standard InChI is InChI=1S/C13H11ClF3N3O/c14-12-18-9-5-7-1-3-20(11(21)13(15,16)17)4-2-8(7)6-10(9)19-12/h5H,1-4,6H2. The van der Waals surface area contributed by atoms with Gasteiger partial charge in [0.15, 0.2) is 0 Å². The van der Waals surface area contributed by atoms with Crippen molar-refractivity contribution in [1.29, 1.82) is 0 Å². The second-order valence-corrected chi connectivity index (χ2v) is 5.40. The van der Waals surface area contributed by atoms with Gasteiger partial charge in [-0.15, -0.1) is 0 Å². The van der Waals surface area contributed by atoms with Crippen molar-refractivity contribution in [1.82, 2.24) is 4.90 Å². The second kappa shape index (κ2) is 4.98. The van der Waals surface area contributed by atoms with Crippen LogP contribution in [0.15, 0.2) is 32.9 Å². The Morgan fingerprint density at radius 1 is 1.24 bits per heavy atom. The van der Waals surface area contributed by atoms with Gasteiger partial charge in [-0.3, -0.25) is 4.79 Å². The molecule has 2 aliphatic heterocycles. The normalized spacial score (nSPS) is 22.1. The summed E-state index contributed by atoms with van der Waals surface area (Å²) in [5, 5.41) is 0.183. The van der Waals surface area contributed by atoms with Gasteiger partial charge >= 0.3 is 12.1 Å². The molecule has 0 saturated heterocycles. The highest BCUT2D eigenvalue weighted by molar-refractivity contribution is 6.66. The molecule has 0 saturated carbocycles. The van der Waals surface area contributed by atoms with Crippen molar-refractivity contribution in [2.75, 3.05) is 13.1 Å². The molecule has 21 heavy (non-hydrogen) atoms. The number of allylic oxidation sites excluding steroid dienone is 2. The third-order valence-electron chi connectivity index (χ3n) is 3.75. The van der Waals surface area contributed by atoms with E-state index in [1.54, 1.807) is 0 Å². The monoisotopic (exact) mass is 317 g/mol. The van der Waals surface area contributed by atoms with Gasteiger partial charge in [0.2, 0.25) is 5.29 Å². The zero-order chi connectivity index (χ0) is 15.2. The number of aliphatic imine (C=N–C) groups is 2. The summed E-state index contributed by atoms with van der Waals surface area (Å²) in [6.07, 6.45) is -1.66. The minimum atomic E-state index is -4.82. The lowest BCUT2D eigenvalue weighted by Gasteiger charge is -2.21. The van der Waals surface area contributed by atoms with Crippen LogP contribution < -0.4 is 0 Å². The van der Waals surface area contributed by atoms with Crippen LogP contribution in [0.5, 0.6) is 0 Å². The van der Waals surface area contributed by atoms with Gasteiger partial charge in [-0.05, 0) is 36.1 Å². The Morgan fingerprint density at radius 2 is 1.95 bits per heavy atom. The van der Waals surface area contributed by atoms with Crippen molar-refractivity contribution in [2.45, 2.75) is 25.4 Å². The van der Waals surface area contributed by atoms with E-state index in [0.29, 0.717) is 25.0 Å². The number of amides is 1. The predicted octanol–water partition coefficient (Wildman–Crippen LogP) is 2.80. The summed E-state index contributed by atoms with van der Waals surface area (Å²) < 4.78 is 37.5. The van der Waals surface area contributed by atoms with Crippen molar-refractivity contribution in [3.8, 4) is 0 Å². The molecule has 0 aromatic heterocycles. The molecule has 3 aliphatic rings. The molecule has 0 fully saturated rings. The summed E-state index contributed by atoms with van der Waals surface area (Å²) in [7, 11) is 0. The summed E-state index contributed by atoms with van der Waals surface area (Å²) in [6, 6.07) is 0. The van der Waals surface area contributed by atoms with Crippen LogP contribution >= 0.6 is 11.6 Å². The lowest BCUT2D eigenvalue weighted by atomic mass is 9.91. The van der Waals surface area contributed by atoms with Crippen LogP contribution in [-0.4, -0.2) is 41.1 Å². The minimum Gasteiger partial charge on any atom is -0.334 e. The average molecular weight is 318 g/mol. The van der Waals surface area contributed by atoms with E-state index in [4.69, 9.17) is 11.6 Å². The van der Waals surface area contributed by atoms with E-state index in [9.17, 15) is 18.0 Å². The molecule has 112 valence electrons. The van der Waals surface area contributed by atoms with Crippen LogP contribution in [0.1, 0.15) is 19.3 Å². The van der Waals surface area contributed by atoms with E-state index in [0.717, 1.165) is 21.8 Å². The first kappa shape index (κ1) is 14.3. The van der Waals surface area contributed by atoms with E-state index in [1.165, 1.54) is 0 Å². The largest absolute Gasteiger partial charge is 0.471 e. The molecule has 3 rings (SSSR count). The molecule has 0 unspecified atom stereocenters. The predicted molar refractivity (Wildman–Crippen MR) is 72.3 cm³/mol. The molecular formula is C13H11ClF3N3O. The Morgan fingerprint density at radius 3 is 2.67 bits per heavy atom. The zero-order valence-corrected chi connectivity index (χ0v) is 11.6. The number of nitrogens with zero attached hydrogens (tertiary/aromatic N) is 3. The Balaban J connectivity index is 1.77. The molecule has 0 radical (unpaired) electrons. The van der Waals surface area contributed by atoms with E-state index in [2.05, 4.69) is 9.98 Å². The number of carbonyl (C=O) groups excluding carboxylic acids is 1. The molecule has 2 heterocycles. The van der Waals surface area contributed by atoms with Gasteiger partial charge in [0.05, 0.1) is 11.4 Å². The second-order valence-electron chi connectivity index (χ2n) is 5.06. The maximum absolute atomic E-state index is 12.5. The fraction of sp³-hybridized carbons (Fsp3) is 0.462. The van der Waals surface area contributed by atoms with E-state index >= 15 is 0 Å². The molecule has 0 bridgehead atoms. The molecule has 0 aromatic carbocycles. The molecule has 0 spiro atoms. The smallest absolute Gasteiger partial charge is 0.334 e. The Bertz CT molecular complexity index is 631. The summed E-state index contributed by atoms with van der Waals surface area (Å²) in [4.78, 5) is 20.4. The van der Waals surface area contributed by atoms with E-state index < -0.39 is 12.1 Å². The maximum Gasteiger partial charge on any atom is 0.471 e. The Hall–Kier alpha value is -1.63. The van der Waals surface area contributed by atoms with Gasteiger partial charge in [-0.2, -0.15) is 13.2 Å². The fourth-order valence-electron chi connectivity index (χ4n) is 2.70. The molecule has 1 aliphatic carbocycles. The molecular weight excluding hydrogens is 307 g/mol. The van der Waals surface area contributed by atoms with Gasteiger partial charge in [0.25, 0.3) is 0 Å². The first-order valence-corrected chi connectivity index (χ1v) is 6.83. The van der Waals surface area contributed by atoms with Crippen LogP contribution in [0, 0.1) is 0 Å². The first-order valence-electron chi connectivity index (χ1n) is 6.45. The van der Waals surface area contributed by atoms with Gasteiger partial charge in [0, 0.05) is 19.5 Å². The SMILES string of the molecule is O=C(N1CCC2=C(CC1)CC1=NC(Cl)=NC1=C2)C(F)(F)F. The van der Waals surface area contributed by atoms with Crippen molar-refractivity contribution in [2.24, 2.45) is 9.98 Å². The topological polar surface area (TPSA) is 45.0 Å². The molecule has 0 N–H and O–H groups in total. The van der Waals surface area contributed by atoms with Gasteiger partial charge in [0.1, 0.15) is 0 Å². The molecule has 0 aromatic rings. The van der Waals surface area contributed by atoms with E-state index in [1.807, 2.05) is 6.08 Å². The highest BCUT2D eigenvalue weighted by Gasteiger charge is 2.42. The highest BCUT2D eigenvalue weighted by Crippen LogP contribution is 2.33. The number of halogens is 4. The third-order valence-corrected chi connectivity index (χ3v) is 3.91. The van der Waals surface area contributed by atoms with Crippen molar-refractivity contribution in [3.05, 3.63) is 22.9 Å². The molecule has 0 atom stereocenters. The lowest BCUT2D eigenvalue weighted by molar-refractivity contribution is -0.185. The van der Waals surface area contributed by atoms with Gasteiger partial charge in [-0.25, -0.2) is 9.98 Å². The zero-order valence-electron chi connectivity index (χ0n) is 10.9. The van der Waals surface area contributed by atoms with Gasteiger partial charge in [-0.1, -0.05) is 5.57 Å². The lowest BCUT2D eigenvalue weighted by Crippen LogP contribution is -2.41. The number of carbonyl (C=O) groups is 1. The summed E-state index contributed by atoms with van der Waals surface area (Å²) in [5.74, 6) is -1.77. The number of alkyl halides is 3. The molecule has 1 amide bonds. The van der Waals surface area contributed by atoms with Gasteiger partial charge < -0.3 is 4.90 Å². The summed E-state index contributed by atoms with van der Waals surface area (Å²) in [5.41, 5.74) is 3.37. The Labute approximate surface area is 123 Å². The number of hydrogen-bond donors (Lipinski definition) is 0. The number of fused-ring (bicyclic) bond motifs is 1. The number of hydrogen-bond acceptors (Lipinski definition) is 3. The highest BCUT2D eigenvalue weighted by atomic mass is 35.5. The average Bonchev–Trinajstić information content (AvgIpc) is 2.62. The van der Waals surface area contributed by atoms with E-state index in [-0.39, 0.29) is 18.4 Å². The number of amidine groups is 1. The van der Waals surface area contributed by atoms with Crippen molar-refractivity contribution in [3.63, 3.8) is 0 Å². The third kappa shape index (κ3) is 2.74. The van der Waals surface area contributed by atoms with Crippen LogP contribution in [-0.2, 0) is 4.79 Å². The summed E-state index contributed by atoms with van der Waals surface area (Å²) >= 11 is 5.76. The van der Waals surface area contributed by atoms with Crippen LogP contribution in [0.4, 0.5) is 13.2 Å². The van der Waals surface area contributed by atoms with Crippen LogP contribution in [0.3, 0.4) is 0 Å². The summed E-state index contributed by atoms with van der Waals surface area (Å²) in [6.45, 7) is 0.132. The van der Waals surface area contributed by atoms with Crippen molar-refractivity contribution < 1.29 is 18.0 Å². The molecule has 8 heteroatoms. The quantitative estimate of drug-likeness (QED) is 0.634. The molecule has 4 nitrogen and oxygen atoms in total. The van der Waals surface area contributed by atoms with Crippen molar-refractivity contribution >= 4 is 28.5 Å². The minimum absolute atomic E-state index is 0.0604. The Kier molecular flexibility index (Phi) is 3.39. The number of rotatable bonds is 0. The van der Waals surface area contributed by atoms with Crippen LogP contribution in [0.2, 0.25) is 0 Å². The maximum atomic E-state index is 12.5. The fourth-order valence-corrected chi connectivity index (χ4v) is 2.90. The van der Waals surface area contributed by atoms with Crippen LogP contribution in [0.25, 0.3) is 0 Å². The first-order chi connectivity index (χ1) is 9.84.